The molecule has 4 nitrogen and oxygen atoms in total. The summed E-state index contributed by atoms with van der Waals surface area (Å²) in [4.78, 5) is 15.9. The van der Waals surface area contributed by atoms with Gasteiger partial charge in [0.1, 0.15) is 0 Å². The van der Waals surface area contributed by atoms with Crippen LogP contribution < -0.4 is 0 Å². The van der Waals surface area contributed by atoms with E-state index in [1.54, 1.807) is 0 Å². The number of aromatic nitrogens is 4. The molecule has 4 heteroatoms. The van der Waals surface area contributed by atoms with Crippen molar-refractivity contribution in [1.29, 1.82) is 0 Å². The van der Waals surface area contributed by atoms with E-state index in [4.69, 9.17) is 15.0 Å². The van der Waals surface area contributed by atoms with Gasteiger partial charge < -0.3 is 4.57 Å². The van der Waals surface area contributed by atoms with Gasteiger partial charge in [0.2, 0.25) is 0 Å². The Bertz CT molecular complexity index is 3250. The van der Waals surface area contributed by atoms with Gasteiger partial charge in [-0.25, -0.2) is 15.0 Å². The molecule has 2 aromatic heterocycles. The number of fused-ring (bicyclic) bond motifs is 5. The molecule has 0 amide bonds. The number of hydrogen-bond donors (Lipinski definition) is 0. The van der Waals surface area contributed by atoms with Crippen molar-refractivity contribution in [3.8, 4) is 62.1 Å². The Morgan fingerprint density at radius 1 is 0.281 bits per heavy atom. The Hall–Kier alpha value is -7.69. The van der Waals surface area contributed by atoms with Gasteiger partial charge in [0.05, 0.1) is 16.7 Å². The van der Waals surface area contributed by atoms with Crippen LogP contribution >= 0.6 is 0 Å². The molecule has 0 bridgehead atoms. The van der Waals surface area contributed by atoms with Crippen LogP contribution in [-0.4, -0.2) is 19.5 Å². The maximum atomic E-state index is 5.36. The predicted molar refractivity (Wildman–Crippen MR) is 236 cm³/mol. The molecule has 0 N–H and O–H groups in total. The van der Waals surface area contributed by atoms with Gasteiger partial charge >= 0.3 is 0 Å². The van der Waals surface area contributed by atoms with Crippen LogP contribution in [0.1, 0.15) is 0 Å². The van der Waals surface area contributed by atoms with Gasteiger partial charge in [0, 0.05) is 27.5 Å². The van der Waals surface area contributed by atoms with E-state index in [0.717, 1.165) is 60.7 Å². The van der Waals surface area contributed by atoms with Gasteiger partial charge in [0.25, 0.3) is 0 Å². The standard InChI is InChI=1S/C53H34N4/c1-2-14-35(15-3-1)39-20-12-21-40(32-39)41-30-31-47(50(34-41)57-48-26-10-8-23-44(48)45-24-9-11-27-49(45)57)53-55-51(42-29-28-36-16-4-5-18-38(36)33-42)54-52(56-53)46-25-13-19-37-17-6-7-22-43(37)46/h1-34H. The lowest BCUT2D eigenvalue weighted by Gasteiger charge is -2.17. The number of rotatable bonds is 6. The number of hydrogen-bond acceptors (Lipinski definition) is 3. The number of para-hydroxylation sites is 2. The van der Waals surface area contributed by atoms with Gasteiger partial charge in [-0.1, -0.05) is 170 Å². The third-order valence-electron chi connectivity index (χ3n) is 11.0. The highest BCUT2D eigenvalue weighted by Gasteiger charge is 2.21. The van der Waals surface area contributed by atoms with E-state index in [0.29, 0.717) is 17.5 Å². The molecule has 11 aromatic rings. The zero-order chi connectivity index (χ0) is 37.7. The zero-order valence-corrected chi connectivity index (χ0v) is 30.9. The molecule has 0 aliphatic rings. The molecular weight excluding hydrogens is 693 g/mol. The van der Waals surface area contributed by atoms with E-state index < -0.39 is 0 Å². The van der Waals surface area contributed by atoms with Gasteiger partial charge in [-0.2, -0.15) is 0 Å². The van der Waals surface area contributed by atoms with Crippen LogP contribution in [0.25, 0.3) is 105 Å². The van der Waals surface area contributed by atoms with Crippen LogP contribution in [0.3, 0.4) is 0 Å². The summed E-state index contributed by atoms with van der Waals surface area (Å²) in [5, 5.41) is 6.93. The first-order chi connectivity index (χ1) is 28.2. The molecule has 0 unspecified atom stereocenters. The largest absolute Gasteiger partial charge is 0.308 e. The maximum Gasteiger partial charge on any atom is 0.166 e. The highest BCUT2D eigenvalue weighted by molar-refractivity contribution is 6.10. The van der Waals surface area contributed by atoms with Crippen molar-refractivity contribution >= 4 is 43.4 Å². The first-order valence-corrected chi connectivity index (χ1v) is 19.3. The van der Waals surface area contributed by atoms with Crippen LogP contribution in [0, 0.1) is 0 Å². The van der Waals surface area contributed by atoms with Crippen molar-refractivity contribution < 1.29 is 0 Å². The van der Waals surface area contributed by atoms with Crippen molar-refractivity contribution in [2.45, 2.75) is 0 Å². The third kappa shape index (κ3) is 5.74. The molecule has 0 atom stereocenters. The van der Waals surface area contributed by atoms with E-state index >= 15 is 0 Å². The average Bonchev–Trinajstić information content (AvgIpc) is 3.63. The first-order valence-electron chi connectivity index (χ1n) is 19.3. The fraction of sp³-hybridized carbons (Fsp3) is 0. The molecule has 0 aliphatic carbocycles. The molecular formula is C53H34N4. The molecule has 0 aliphatic heterocycles. The van der Waals surface area contributed by atoms with Crippen LogP contribution in [-0.2, 0) is 0 Å². The molecule has 0 spiro atoms. The molecule has 0 saturated heterocycles. The molecule has 0 radical (unpaired) electrons. The number of nitrogens with zero attached hydrogens (tertiary/aromatic N) is 4. The van der Waals surface area contributed by atoms with Gasteiger partial charge in [-0.05, 0) is 80.2 Å². The van der Waals surface area contributed by atoms with Crippen LogP contribution in [0.15, 0.2) is 206 Å². The molecule has 0 fully saturated rings. The van der Waals surface area contributed by atoms with Crippen molar-refractivity contribution in [3.63, 3.8) is 0 Å². The van der Waals surface area contributed by atoms with Gasteiger partial charge in [-0.15, -0.1) is 0 Å². The smallest absolute Gasteiger partial charge is 0.166 e. The molecule has 0 saturated carbocycles. The van der Waals surface area contributed by atoms with E-state index in [1.165, 1.54) is 27.3 Å². The Kier molecular flexibility index (Phi) is 7.78. The Morgan fingerprint density at radius 3 is 1.58 bits per heavy atom. The monoisotopic (exact) mass is 726 g/mol. The summed E-state index contributed by atoms with van der Waals surface area (Å²) in [6, 6.07) is 72.9. The van der Waals surface area contributed by atoms with Crippen LogP contribution in [0.4, 0.5) is 0 Å². The Morgan fingerprint density at radius 2 is 0.807 bits per heavy atom. The summed E-state index contributed by atoms with van der Waals surface area (Å²) in [6.45, 7) is 0. The van der Waals surface area contributed by atoms with E-state index in [9.17, 15) is 0 Å². The SMILES string of the molecule is c1ccc(-c2cccc(-c3ccc(-c4nc(-c5ccc6ccccc6c5)nc(-c5cccc6ccccc56)n4)c(-n4c5ccccc5c5ccccc54)c3)c2)cc1. The van der Waals surface area contributed by atoms with E-state index in [-0.39, 0.29) is 0 Å². The summed E-state index contributed by atoms with van der Waals surface area (Å²) in [5.74, 6) is 1.87. The normalized spacial score (nSPS) is 11.5. The van der Waals surface area contributed by atoms with Crippen LogP contribution in [0.2, 0.25) is 0 Å². The lowest BCUT2D eigenvalue weighted by Crippen LogP contribution is -2.04. The fourth-order valence-corrected chi connectivity index (χ4v) is 8.27. The average molecular weight is 727 g/mol. The molecule has 9 aromatic carbocycles. The minimum Gasteiger partial charge on any atom is -0.308 e. The minimum atomic E-state index is 0.609. The van der Waals surface area contributed by atoms with Crippen molar-refractivity contribution in [1.82, 2.24) is 19.5 Å². The summed E-state index contributed by atoms with van der Waals surface area (Å²) < 4.78 is 2.38. The van der Waals surface area contributed by atoms with Crippen molar-refractivity contribution in [3.05, 3.63) is 206 Å². The zero-order valence-electron chi connectivity index (χ0n) is 30.9. The molecule has 2 heterocycles. The first kappa shape index (κ1) is 32.7. The summed E-state index contributed by atoms with van der Waals surface area (Å²) in [7, 11) is 0. The second-order valence-electron chi connectivity index (χ2n) is 14.4. The molecule has 11 rings (SSSR count). The second kappa shape index (κ2) is 13.6. The summed E-state index contributed by atoms with van der Waals surface area (Å²) in [6.07, 6.45) is 0. The Labute approximate surface area is 330 Å². The topological polar surface area (TPSA) is 43.6 Å². The van der Waals surface area contributed by atoms with Crippen molar-refractivity contribution in [2.75, 3.05) is 0 Å². The maximum absolute atomic E-state index is 5.36. The predicted octanol–water partition coefficient (Wildman–Crippen LogP) is 13.6. The van der Waals surface area contributed by atoms with Crippen LogP contribution in [0.5, 0.6) is 0 Å². The van der Waals surface area contributed by atoms with E-state index in [2.05, 4.69) is 211 Å². The summed E-state index contributed by atoms with van der Waals surface area (Å²) in [5.41, 5.74) is 10.6. The quantitative estimate of drug-likeness (QED) is 0.171. The Balaban J connectivity index is 1.20. The fourth-order valence-electron chi connectivity index (χ4n) is 8.27. The lowest BCUT2D eigenvalue weighted by atomic mass is 9.97. The van der Waals surface area contributed by atoms with Gasteiger partial charge in [0.15, 0.2) is 17.5 Å². The minimum absolute atomic E-state index is 0.609. The van der Waals surface area contributed by atoms with E-state index in [1.807, 2.05) is 0 Å². The second-order valence-corrected chi connectivity index (χ2v) is 14.4. The highest BCUT2D eigenvalue weighted by Crippen LogP contribution is 2.39. The lowest BCUT2D eigenvalue weighted by molar-refractivity contribution is 1.07. The van der Waals surface area contributed by atoms with Gasteiger partial charge in [-0.3, -0.25) is 0 Å². The molecule has 57 heavy (non-hydrogen) atoms. The summed E-state index contributed by atoms with van der Waals surface area (Å²) >= 11 is 0. The highest BCUT2D eigenvalue weighted by atomic mass is 15.1. The molecule has 266 valence electrons. The van der Waals surface area contributed by atoms with Crippen molar-refractivity contribution in [2.24, 2.45) is 0 Å². The number of benzene rings is 9. The third-order valence-corrected chi connectivity index (χ3v) is 11.0.